The lowest BCUT2D eigenvalue weighted by Gasteiger charge is -2.27. The van der Waals surface area contributed by atoms with Gasteiger partial charge in [-0.25, -0.2) is 4.79 Å². The predicted octanol–water partition coefficient (Wildman–Crippen LogP) is 1.91. The van der Waals surface area contributed by atoms with Gasteiger partial charge in [0.1, 0.15) is 0 Å². The van der Waals surface area contributed by atoms with Crippen molar-refractivity contribution in [3.63, 3.8) is 0 Å². The van der Waals surface area contributed by atoms with Crippen LogP contribution in [-0.4, -0.2) is 17.3 Å². The van der Waals surface area contributed by atoms with Crippen molar-refractivity contribution in [1.29, 1.82) is 0 Å². The van der Waals surface area contributed by atoms with Gasteiger partial charge in [0.15, 0.2) is 0 Å². The summed E-state index contributed by atoms with van der Waals surface area (Å²) in [5.74, 6) is -2.12. The maximum absolute atomic E-state index is 12.5. The molecule has 0 unspecified atom stereocenters. The van der Waals surface area contributed by atoms with E-state index >= 15 is 0 Å². The molecule has 0 aromatic heterocycles. The van der Waals surface area contributed by atoms with Crippen molar-refractivity contribution in [2.45, 2.75) is 11.7 Å². The Kier molecular flexibility index (Phi) is 4.34. The summed E-state index contributed by atoms with van der Waals surface area (Å²) >= 11 is 0. The normalized spacial score (nSPS) is 14.8. The number of benzene rings is 1. The molecule has 0 saturated carbocycles. The first-order valence-corrected chi connectivity index (χ1v) is 3.94. The first-order chi connectivity index (χ1) is 6.80. The molecule has 0 amide bonds. The lowest BCUT2D eigenvalue weighted by molar-refractivity contribution is -0.204. The lowest BCUT2D eigenvalue weighted by atomic mass is 9.90. The van der Waals surface area contributed by atoms with Crippen molar-refractivity contribution in [3.8, 4) is 0 Å². The van der Waals surface area contributed by atoms with Crippen molar-refractivity contribution in [1.82, 2.24) is 0 Å². The molecule has 1 aromatic carbocycles. The molecule has 0 fully saturated rings. The van der Waals surface area contributed by atoms with Crippen LogP contribution in [0.4, 0.5) is 13.2 Å². The third kappa shape index (κ3) is 2.28. The van der Waals surface area contributed by atoms with Crippen molar-refractivity contribution in [3.05, 3.63) is 35.9 Å². The Labute approximate surface area is 95.5 Å². The lowest BCUT2D eigenvalue weighted by Crippen LogP contribution is -2.56. The fraction of sp³-hybridized carbons (Fsp3) is 0.222. The SMILES string of the molecule is Cl.N[C@](C(=O)O)(c1ccccc1)C(F)(F)F. The zero-order valence-electron chi connectivity index (χ0n) is 7.86. The number of carboxylic acid groups (broad SMARTS) is 1. The molecule has 16 heavy (non-hydrogen) atoms. The summed E-state index contributed by atoms with van der Waals surface area (Å²) in [5.41, 5.74) is 1.07. The molecular weight excluding hydrogens is 247 g/mol. The van der Waals surface area contributed by atoms with Crippen molar-refractivity contribution in [2.24, 2.45) is 5.73 Å². The molecule has 0 spiro atoms. The largest absolute Gasteiger partial charge is 0.479 e. The van der Waals surface area contributed by atoms with Crippen molar-refractivity contribution < 1.29 is 23.1 Å². The molecule has 1 aromatic rings. The van der Waals surface area contributed by atoms with E-state index < -0.39 is 23.2 Å². The van der Waals surface area contributed by atoms with Crippen LogP contribution in [0.5, 0.6) is 0 Å². The van der Waals surface area contributed by atoms with Crippen LogP contribution in [0.25, 0.3) is 0 Å². The molecular formula is C9H9ClF3NO2. The quantitative estimate of drug-likeness (QED) is 0.848. The number of aliphatic carboxylic acids is 1. The summed E-state index contributed by atoms with van der Waals surface area (Å²) in [5, 5.41) is 8.58. The highest BCUT2D eigenvalue weighted by Gasteiger charge is 2.59. The average Bonchev–Trinajstić information content (AvgIpc) is 2.16. The smallest absolute Gasteiger partial charge is 0.421 e. The standard InChI is InChI=1S/C9H8F3NO2.ClH/c10-9(11,12)8(13,7(14)15)6-4-2-1-3-5-6;/h1-5H,13H2,(H,14,15);1H/t8-;/m0./s1. The van der Waals surface area contributed by atoms with E-state index in [0.717, 1.165) is 12.1 Å². The Hall–Kier alpha value is -1.27. The molecule has 0 aliphatic carbocycles. The zero-order valence-corrected chi connectivity index (χ0v) is 8.68. The summed E-state index contributed by atoms with van der Waals surface area (Å²) in [6, 6.07) is 6.13. The fourth-order valence-electron chi connectivity index (χ4n) is 1.11. The van der Waals surface area contributed by atoms with E-state index in [1.165, 1.54) is 18.2 Å². The second kappa shape index (κ2) is 4.71. The topological polar surface area (TPSA) is 63.3 Å². The van der Waals surface area contributed by atoms with Gasteiger partial charge in [-0.05, 0) is 5.56 Å². The number of rotatable bonds is 2. The molecule has 0 saturated heterocycles. The number of hydrogen-bond donors (Lipinski definition) is 2. The molecule has 0 aliphatic heterocycles. The number of carbonyl (C=O) groups is 1. The number of alkyl halides is 3. The van der Waals surface area contributed by atoms with Crippen LogP contribution in [0.1, 0.15) is 5.56 Å². The van der Waals surface area contributed by atoms with Gasteiger partial charge in [-0.2, -0.15) is 13.2 Å². The summed E-state index contributed by atoms with van der Waals surface area (Å²) < 4.78 is 37.6. The van der Waals surface area contributed by atoms with Crippen molar-refractivity contribution in [2.75, 3.05) is 0 Å². The summed E-state index contributed by atoms with van der Waals surface area (Å²) in [7, 11) is 0. The molecule has 1 rings (SSSR count). The molecule has 3 N–H and O–H groups in total. The number of hydrogen-bond acceptors (Lipinski definition) is 2. The summed E-state index contributed by atoms with van der Waals surface area (Å²) in [6.45, 7) is 0. The molecule has 0 aliphatic rings. The van der Waals surface area contributed by atoms with Gasteiger partial charge in [-0.1, -0.05) is 30.3 Å². The van der Waals surface area contributed by atoms with Gasteiger partial charge in [0.05, 0.1) is 0 Å². The van der Waals surface area contributed by atoms with Crippen LogP contribution in [0.2, 0.25) is 0 Å². The molecule has 90 valence electrons. The number of nitrogens with two attached hydrogens (primary N) is 1. The van der Waals surface area contributed by atoms with Gasteiger partial charge in [0.2, 0.25) is 5.54 Å². The molecule has 0 bridgehead atoms. The summed E-state index contributed by atoms with van der Waals surface area (Å²) in [4.78, 5) is 10.6. The van der Waals surface area contributed by atoms with E-state index in [4.69, 9.17) is 10.8 Å². The van der Waals surface area contributed by atoms with E-state index in [9.17, 15) is 18.0 Å². The Balaban J connectivity index is 0.00000225. The number of carboxylic acids is 1. The van der Waals surface area contributed by atoms with Gasteiger partial charge >= 0.3 is 12.1 Å². The van der Waals surface area contributed by atoms with Crippen LogP contribution in [0, 0.1) is 0 Å². The monoisotopic (exact) mass is 255 g/mol. The van der Waals surface area contributed by atoms with Crippen molar-refractivity contribution >= 4 is 18.4 Å². The van der Waals surface area contributed by atoms with Crippen LogP contribution in [0.3, 0.4) is 0 Å². The Bertz CT molecular complexity index is 369. The first kappa shape index (κ1) is 14.7. The van der Waals surface area contributed by atoms with Gasteiger partial charge in [-0.3, -0.25) is 0 Å². The summed E-state index contributed by atoms with van der Waals surface area (Å²) in [6.07, 6.45) is -5.04. The van der Waals surface area contributed by atoms with Crippen LogP contribution in [0.15, 0.2) is 30.3 Å². The first-order valence-electron chi connectivity index (χ1n) is 3.94. The molecule has 0 heterocycles. The minimum absolute atomic E-state index is 0. The predicted molar refractivity (Wildman–Crippen MR) is 53.2 cm³/mol. The van der Waals surface area contributed by atoms with E-state index in [-0.39, 0.29) is 12.4 Å². The van der Waals surface area contributed by atoms with E-state index in [0.29, 0.717) is 0 Å². The van der Waals surface area contributed by atoms with Crippen LogP contribution < -0.4 is 5.73 Å². The third-order valence-electron chi connectivity index (χ3n) is 2.01. The average molecular weight is 256 g/mol. The Morgan fingerprint density at radius 3 is 1.94 bits per heavy atom. The zero-order chi connectivity index (χ0) is 11.7. The second-order valence-corrected chi connectivity index (χ2v) is 2.98. The molecule has 0 radical (unpaired) electrons. The maximum atomic E-state index is 12.5. The van der Waals surface area contributed by atoms with Crippen LogP contribution >= 0.6 is 12.4 Å². The van der Waals surface area contributed by atoms with Crippen LogP contribution in [-0.2, 0) is 10.3 Å². The highest BCUT2D eigenvalue weighted by atomic mass is 35.5. The molecule has 7 heteroatoms. The van der Waals surface area contributed by atoms with Gasteiger partial charge in [-0.15, -0.1) is 12.4 Å². The third-order valence-corrected chi connectivity index (χ3v) is 2.01. The van der Waals surface area contributed by atoms with E-state index in [1.807, 2.05) is 0 Å². The van der Waals surface area contributed by atoms with Gasteiger partial charge < -0.3 is 10.8 Å². The minimum atomic E-state index is -5.04. The Morgan fingerprint density at radius 2 is 1.62 bits per heavy atom. The Morgan fingerprint density at radius 1 is 1.19 bits per heavy atom. The van der Waals surface area contributed by atoms with Gasteiger partial charge in [0.25, 0.3) is 0 Å². The molecule has 1 atom stereocenters. The highest BCUT2D eigenvalue weighted by molar-refractivity contribution is 5.85. The molecule has 3 nitrogen and oxygen atoms in total. The minimum Gasteiger partial charge on any atom is -0.479 e. The van der Waals surface area contributed by atoms with Gasteiger partial charge in [0, 0.05) is 0 Å². The highest BCUT2D eigenvalue weighted by Crippen LogP contribution is 2.36. The fourth-order valence-corrected chi connectivity index (χ4v) is 1.11. The van der Waals surface area contributed by atoms with E-state index in [1.54, 1.807) is 0 Å². The second-order valence-electron chi connectivity index (χ2n) is 2.98. The number of halogens is 4. The maximum Gasteiger partial charge on any atom is 0.421 e. The van der Waals surface area contributed by atoms with E-state index in [2.05, 4.69) is 0 Å².